The summed E-state index contributed by atoms with van der Waals surface area (Å²) in [4.78, 5) is 5.71. The van der Waals surface area contributed by atoms with E-state index in [1.165, 1.54) is 30.5 Å². The van der Waals surface area contributed by atoms with Gasteiger partial charge in [-0.15, -0.1) is 0 Å². The second kappa shape index (κ2) is 9.68. The molecule has 1 N–H and O–H groups in total. The van der Waals surface area contributed by atoms with Crippen LogP contribution in [0.15, 0.2) is 54.9 Å². The zero-order valence-corrected chi connectivity index (χ0v) is 22.1. The van der Waals surface area contributed by atoms with E-state index in [1.54, 1.807) is 34.0 Å². The third kappa shape index (κ3) is 4.60. The molecule has 3 heterocycles. The lowest BCUT2D eigenvalue weighted by Gasteiger charge is -2.47. The number of aliphatic hydroxyl groups is 1. The lowest BCUT2D eigenvalue weighted by Crippen LogP contribution is -2.60. The summed E-state index contributed by atoms with van der Waals surface area (Å²) in [5.74, 6) is 0.0634. The van der Waals surface area contributed by atoms with Gasteiger partial charge >= 0.3 is 0 Å². The molecule has 1 aliphatic heterocycles. The van der Waals surface area contributed by atoms with E-state index in [1.807, 2.05) is 0 Å². The van der Waals surface area contributed by atoms with Crippen LogP contribution in [0.3, 0.4) is 0 Å². The molecule has 0 amide bonds. The summed E-state index contributed by atoms with van der Waals surface area (Å²) < 4.78 is 35.5. The molecule has 2 aromatic heterocycles. The molecule has 0 spiro atoms. The van der Waals surface area contributed by atoms with Crippen LogP contribution in [0.4, 0.5) is 14.6 Å². The van der Waals surface area contributed by atoms with Crippen molar-refractivity contribution in [2.24, 2.45) is 0 Å². The first kappa shape index (κ1) is 25.4. The Morgan fingerprint density at radius 1 is 1.03 bits per heavy atom. The van der Waals surface area contributed by atoms with Gasteiger partial charge in [0.1, 0.15) is 29.5 Å². The van der Waals surface area contributed by atoms with Crippen LogP contribution in [0.5, 0.6) is 5.75 Å². The van der Waals surface area contributed by atoms with E-state index >= 15 is 0 Å². The van der Waals surface area contributed by atoms with Crippen molar-refractivity contribution in [1.82, 2.24) is 14.8 Å². The summed E-state index contributed by atoms with van der Waals surface area (Å²) in [5.41, 5.74) is 1.44. The Labute approximate surface area is 232 Å². The topological polar surface area (TPSA) is 63.4 Å². The van der Waals surface area contributed by atoms with E-state index in [2.05, 4.69) is 10.1 Å². The first-order valence-electron chi connectivity index (χ1n) is 12.0. The molecule has 2 aromatic carbocycles. The van der Waals surface area contributed by atoms with Crippen LogP contribution in [0.2, 0.25) is 15.1 Å². The minimum atomic E-state index is -1.24. The molecule has 1 saturated carbocycles. The molecule has 4 aromatic rings. The van der Waals surface area contributed by atoms with Gasteiger partial charge < -0.3 is 14.7 Å². The van der Waals surface area contributed by atoms with E-state index in [-0.39, 0.29) is 35.6 Å². The number of hydrogen-bond acceptors (Lipinski definition) is 5. The Hall–Kier alpha value is -2.91. The molecule has 0 radical (unpaired) electrons. The minimum Gasteiger partial charge on any atom is -0.487 e. The first-order chi connectivity index (χ1) is 18.2. The summed E-state index contributed by atoms with van der Waals surface area (Å²) in [5, 5.41) is 16.2. The fourth-order valence-corrected chi connectivity index (χ4v) is 5.79. The van der Waals surface area contributed by atoms with E-state index in [9.17, 15) is 13.9 Å². The van der Waals surface area contributed by atoms with Gasteiger partial charge in [-0.05, 0) is 55.2 Å². The molecule has 196 valence electrons. The molecule has 2 aliphatic rings. The molecule has 1 aliphatic carbocycles. The van der Waals surface area contributed by atoms with E-state index in [0.717, 1.165) is 24.1 Å². The minimum absolute atomic E-state index is 0.141. The Morgan fingerprint density at radius 3 is 2.42 bits per heavy atom. The quantitative estimate of drug-likeness (QED) is 0.266. The van der Waals surface area contributed by atoms with E-state index in [4.69, 9.17) is 39.5 Å². The van der Waals surface area contributed by atoms with Gasteiger partial charge in [0.05, 0.1) is 40.0 Å². The first-order valence-corrected chi connectivity index (χ1v) is 13.1. The largest absolute Gasteiger partial charge is 0.487 e. The highest BCUT2D eigenvalue weighted by molar-refractivity contribution is 6.37. The average molecular weight is 578 g/mol. The molecule has 0 atom stereocenters. The molecular formula is C27H21Cl3F2N4O2. The van der Waals surface area contributed by atoms with Crippen LogP contribution in [-0.2, 0) is 12.2 Å². The smallest absolute Gasteiger partial charge is 0.165 e. The third-order valence-corrected chi connectivity index (χ3v) is 7.76. The Balaban J connectivity index is 1.22. The molecule has 2 fully saturated rings. The number of pyridine rings is 1. The van der Waals surface area contributed by atoms with Gasteiger partial charge in [-0.1, -0.05) is 40.9 Å². The molecule has 11 heteroatoms. The standard InChI is InChI=1S/C27H21Cl3F2N4O2/c28-20-10-17(5-6-19(20)27(37)13-35(14-27)26-23(32)2-1-7-33-26)38-12-24-18(15-3-4-15)11-34-36(24)25-21(29)8-16(31)9-22(25)30/h1-2,5-11,15,37H,3-4,12-14H2. The van der Waals surface area contributed by atoms with Crippen LogP contribution in [0.1, 0.15) is 35.6 Å². The fourth-order valence-electron chi connectivity index (χ4n) is 4.83. The fraction of sp³-hybridized carbons (Fsp3) is 0.259. The number of nitrogens with zero attached hydrogens (tertiary/aromatic N) is 4. The van der Waals surface area contributed by atoms with Crippen molar-refractivity contribution in [2.75, 3.05) is 18.0 Å². The second-order valence-electron chi connectivity index (χ2n) is 9.58. The number of hydrogen-bond donors (Lipinski definition) is 1. The number of halogens is 5. The number of benzene rings is 2. The highest BCUT2D eigenvalue weighted by atomic mass is 35.5. The summed E-state index contributed by atoms with van der Waals surface area (Å²) >= 11 is 19.2. The van der Waals surface area contributed by atoms with Gasteiger partial charge in [-0.3, -0.25) is 0 Å². The number of anilines is 1. The van der Waals surface area contributed by atoms with Crippen LogP contribution in [-0.4, -0.2) is 33.0 Å². The van der Waals surface area contributed by atoms with Crippen LogP contribution in [0, 0.1) is 11.6 Å². The average Bonchev–Trinajstić information content (AvgIpc) is 3.61. The Morgan fingerprint density at radius 2 is 1.76 bits per heavy atom. The van der Waals surface area contributed by atoms with Crippen molar-refractivity contribution in [3.8, 4) is 11.4 Å². The van der Waals surface area contributed by atoms with Crippen molar-refractivity contribution < 1.29 is 18.6 Å². The maximum atomic E-state index is 14.1. The van der Waals surface area contributed by atoms with Crippen molar-refractivity contribution in [1.29, 1.82) is 0 Å². The van der Waals surface area contributed by atoms with Gasteiger partial charge in [0, 0.05) is 17.3 Å². The SMILES string of the molecule is OC1(c2ccc(OCc3c(C4CC4)cnn3-c3c(Cl)cc(F)cc3Cl)cc2Cl)CN(c2ncccc2F)C1. The zero-order chi connectivity index (χ0) is 26.6. The molecule has 6 rings (SSSR count). The normalized spacial score (nSPS) is 16.4. The van der Waals surface area contributed by atoms with Gasteiger partial charge in [-0.2, -0.15) is 5.10 Å². The summed E-state index contributed by atoms with van der Waals surface area (Å²) in [7, 11) is 0. The molecule has 6 nitrogen and oxygen atoms in total. The highest BCUT2D eigenvalue weighted by Crippen LogP contribution is 2.44. The van der Waals surface area contributed by atoms with Crippen molar-refractivity contribution in [3.05, 3.63) is 98.4 Å². The maximum Gasteiger partial charge on any atom is 0.165 e. The predicted molar refractivity (Wildman–Crippen MR) is 142 cm³/mol. The monoisotopic (exact) mass is 576 g/mol. The second-order valence-corrected chi connectivity index (χ2v) is 10.8. The predicted octanol–water partition coefficient (Wildman–Crippen LogP) is 6.67. The lowest BCUT2D eigenvalue weighted by atomic mass is 9.86. The van der Waals surface area contributed by atoms with Crippen LogP contribution in [0.25, 0.3) is 5.69 Å². The molecule has 38 heavy (non-hydrogen) atoms. The summed E-state index contributed by atoms with van der Waals surface area (Å²) in [6, 6.07) is 10.3. The van der Waals surface area contributed by atoms with E-state index in [0.29, 0.717) is 27.9 Å². The van der Waals surface area contributed by atoms with Crippen LogP contribution >= 0.6 is 34.8 Å². The highest BCUT2D eigenvalue weighted by Gasteiger charge is 2.45. The van der Waals surface area contributed by atoms with Gasteiger partial charge in [-0.25, -0.2) is 18.4 Å². The summed E-state index contributed by atoms with van der Waals surface area (Å²) in [6.07, 6.45) is 5.36. The number of β-amino-alcohol motifs (C(OH)–C–C–N with tert-alkyl or cyclic N) is 1. The maximum absolute atomic E-state index is 14.1. The van der Waals surface area contributed by atoms with Gasteiger partial charge in [0.2, 0.25) is 0 Å². The Kier molecular flexibility index (Phi) is 6.46. The molecule has 0 unspecified atom stereocenters. The number of rotatable bonds is 7. The van der Waals surface area contributed by atoms with Gasteiger partial charge in [0.15, 0.2) is 11.6 Å². The lowest BCUT2D eigenvalue weighted by molar-refractivity contribution is 0.00672. The summed E-state index contributed by atoms with van der Waals surface area (Å²) in [6.45, 7) is 0.455. The van der Waals surface area contributed by atoms with Gasteiger partial charge in [0.25, 0.3) is 0 Å². The molecular weight excluding hydrogens is 557 g/mol. The Bertz CT molecular complexity index is 1510. The van der Waals surface area contributed by atoms with Crippen molar-refractivity contribution in [3.63, 3.8) is 0 Å². The van der Waals surface area contributed by atoms with E-state index < -0.39 is 17.2 Å². The van der Waals surface area contributed by atoms with Crippen molar-refractivity contribution >= 4 is 40.6 Å². The number of aromatic nitrogens is 3. The number of ether oxygens (including phenoxy) is 1. The molecule has 0 bridgehead atoms. The van der Waals surface area contributed by atoms with Crippen LogP contribution < -0.4 is 9.64 Å². The zero-order valence-electron chi connectivity index (χ0n) is 19.8. The molecule has 1 saturated heterocycles. The van der Waals surface area contributed by atoms with Crippen molar-refractivity contribution in [2.45, 2.75) is 31.0 Å². The third-order valence-electron chi connectivity index (χ3n) is 6.87.